The lowest BCUT2D eigenvalue weighted by atomic mass is 9.58. The van der Waals surface area contributed by atoms with Crippen LogP contribution in [0.1, 0.15) is 138 Å². The Morgan fingerprint density at radius 1 is 0.795 bits per heavy atom. The fourth-order valence-electron chi connectivity index (χ4n) is 11.1. The van der Waals surface area contributed by atoms with Gasteiger partial charge in [-0.15, -0.1) is 0 Å². The van der Waals surface area contributed by atoms with Gasteiger partial charge in [0, 0.05) is 11.1 Å². The normalized spacial score (nSPS) is 37.9. The summed E-state index contributed by atoms with van der Waals surface area (Å²) in [7, 11) is 0. The molecular formula is C37H58O2. The first-order valence-corrected chi connectivity index (χ1v) is 16.9. The molecule has 6 bridgehead atoms. The fraction of sp³-hybridized carbons (Fsp3) is 0.838. The summed E-state index contributed by atoms with van der Waals surface area (Å²) in [6.07, 6.45) is 10.4. The molecule has 2 heteroatoms. The van der Waals surface area contributed by atoms with Crippen molar-refractivity contribution in [2.24, 2.45) is 53.3 Å². The summed E-state index contributed by atoms with van der Waals surface area (Å²) >= 11 is 0. The van der Waals surface area contributed by atoms with Gasteiger partial charge in [-0.05, 0) is 128 Å². The maximum atomic E-state index is 6.88. The SMILES string of the molecule is CC(CCC(C)C12CCC(C(C)C)(CC1)O2)c1cc2oc1cc2C(C)(C)C1CC2CC1C(C(C)C)C2C(C)C. The van der Waals surface area contributed by atoms with Crippen LogP contribution in [0.25, 0.3) is 11.2 Å². The van der Waals surface area contributed by atoms with Crippen LogP contribution in [0.4, 0.5) is 0 Å². The van der Waals surface area contributed by atoms with Crippen LogP contribution >= 0.6 is 0 Å². The van der Waals surface area contributed by atoms with E-state index in [1.165, 1.54) is 68.1 Å². The summed E-state index contributed by atoms with van der Waals surface area (Å²) in [5.74, 6) is 7.77. The molecule has 218 valence electrons. The fourth-order valence-corrected chi connectivity index (χ4v) is 11.1. The Hall–Kier alpha value is -1.02. The number of hydrogen-bond acceptors (Lipinski definition) is 2. The summed E-state index contributed by atoms with van der Waals surface area (Å²) in [5, 5.41) is 0. The lowest BCUT2D eigenvalue weighted by Crippen LogP contribution is -2.41. The van der Waals surface area contributed by atoms with Crippen molar-refractivity contribution in [3.05, 3.63) is 23.3 Å². The van der Waals surface area contributed by atoms with Crippen LogP contribution in [0.15, 0.2) is 16.5 Å². The van der Waals surface area contributed by atoms with E-state index in [0.717, 1.165) is 47.0 Å². The summed E-state index contributed by atoms with van der Waals surface area (Å²) in [6.45, 7) is 24.6. The summed E-state index contributed by atoms with van der Waals surface area (Å²) in [6, 6.07) is 4.88. The van der Waals surface area contributed by atoms with Crippen LogP contribution in [-0.4, -0.2) is 11.2 Å². The van der Waals surface area contributed by atoms with Crippen LogP contribution in [-0.2, 0) is 10.2 Å². The molecular weight excluding hydrogens is 476 g/mol. The Morgan fingerprint density at radius 3 is 1.97 bits per heavy atom. The van der Waals surface area contributed by atoms with Crippen molar-refractivity contribution < 1.29 is 9.15 Å². The molecule has 0 spiro atoms. The number of furan rings is 2. The van der Waals surface area contributed by atoms with Crippen molar-refractivity contribution in [1.29, 1.82) is 0 Å². The van der Waals surface area contributed by atoms with Gasteiger partial charge in [-0.3, -0.25) is 0 Å². The van der Waals surface area contributed by atoms with Gasteiger partial charge in [0.25, 0.3) is 0 Å². The predicted molar refractivity (Wildman–Crippen MR) is 163 cm³/mol. The van der Waals surface area contributed by atoms with Gasteiger partial charge in [0.15, 0.2) is 0 Å². The zero-order valence-corrected chi connectivity index (χ0v) is 26.9. The molecule has 7 unspecified atom stereocenters. The van der Waals surface area contributed by atoms with E-state index in [9.17, 15) is 0 Å². The van der Waals surface area contributed by atoms with Crippen molar-refractivity contribution >= 4 is 11.2 Å². The topological polar surface area (TPSA) is 22.4 Å². The number of rotatable bonds is 10. The van der Waals surface area contributed by atoms with Crippen molar-refractivity contribution in [3.63, 3.8) is 0 Å². The quantitative estimate of drug-likeness (QED) is 0.302. The molecule has 2 aromatic heterocycles. The third kappa shape index (κ3) is 4.19. The standard InChI is InChI=1S/C37H58O2/c1-21(2)33-26-17-28(34(33)22(3)4)29(18-26)35(9,10)30-20-31-27(19-32(30)38-31)24(7)11-12-25(8)37-15-13-36(39-37,14-16-37)23(5)6/h19-26,28-29,33-34H,11-18H2,1-10H3. The molecule has 2 saturated carbocycles. The summed E-state index contributed by atoms with van der Waals surface area (Å²) in [4.78, 5) is 0. The van der Waals surface area contributed by atoms with E-state index in [1.54, 1.807) is 0 Å². The third-order valence-corrected chi connectivity index (χ3v) is 13.5. The van der Waals surface area contributed by atoms with Gasteiger partial charge in [-0.1, -0.05) is 69.2 Å². The minimum atomic E-state index is 0.144. The number of ether oxygens (including phenoxy) is 1. The van der Waals surface area contributed by atoms with Gasteiger partial charge in [-0.25, -0.2) is 0 Å². The molecule has 0 N–H and O–H groups in total. The molecule has 4 fully saturated rings. The average Bonchev–Trinajstić information content (AvgIpc) is 3.72. The Morgan fingerprint density at radius 2 is 1.44 bits per heavy atom. The van der Waals surface area contributed by atoms with E-state index in [0.29, 0.717) is 17.8 Å². The Balaban J connectivity index is 1.13. The minimum absolute atomic E-state index is 0.144. The monoisotopic (exact) mass is 534 g/mol. The number of fused-ring (bicyclic) bond motifs is 6. The van der Waals surface area contributed by atoms with Crippen LogP contribution in [0.2, 0.25) is 0 Å². The highest BCUT2D eigenvalue weighted by Crippen LogP contribution is 2.64. The second-order valence-corrected chi connectivity index (χ2v) is 16.6. The molecule has 4 aliphatic rings. The van der Waals surface area contributed by atoms with Crippen molar-refractivity contribution in [2.45, 2.75) is 143 Å². The molecule has 2 aromatic rings. The van der Waals surface area contributed by atoms with Crippen molar-refractivity contribution in [3.8, 4) is 0 Å². The highest BCUT2D eigenvalue weighted by atomic mass is 16.5. The first-order valence-electron chi connectivity index (χ1n) is 16.9. The molecule has 0 radical (unpaired) electrons. The zero-order valence-electron chi connectivity index (χ0n) is 26.9. The molecule has 0 aromatic carbocycles. The lowest BCUT2D eigenvalue weighted by molar-refractivity contribution is -0.0966. The van der Waals surface area contributed by atoms with E-state index in [-0.39, 0.29) is 16.6 Å². The molecule has 2 saturated heterocycles. The van der Waals surface area contributed by atoms with Crippen LogP contribution < -0.4 is 0 Å². The molecule has 2 aliphatic heterocycles. The van der Waals surface area contributed by atoms with Gasteiger partial charge in [0.1, 0.15) is 11.2 Å². The van der Waals surface area contributed by atoms with Crippen molar-refractivity contribution in [2.75, 3.05) is 0 Å². The highest BCUT2D eigenvalue weighted by molar-refractivity contribution is 5.73. The highest BCUT2D eigenvalue weighted by Gasteiger charge is 2.59. The molecule has 2 nitrogen and oxygen atoms in total. The van der Waals surface area contributed by atoms with E-state index >= 15 is 0 Å². The maximum Gasteiger partial charge on any atom is 0.131 e. The Bertz CT molecular complexity index is 1140. The van der Waals surface area contributed by atoms with Gasteiger partial charge in [0.2, 0.25) is 0 Å². The Kier molecular flexibility index (Phi) is 6.85. The first kappa shape index (κ1) is 28.1. The van der Waals surface area contributed by atoms with E-state index in [1.807, 2.05) is 0 Å². The molecule has 7 atom stereocenters. The predicted octanol–water partition coefficient (Wildman–Crippen LogP) is 10.6. The number of benzene rings is 1. The Labute approximate surface area is 239 Å². The van der Waals surface area contributed by atoms with E-state index in [4.69, 9.17) is 9.15 Å². The maximum absolute atomic E-state index is 6.88. The van der Waals surface area contributed by atoms with E-state index in [2.05, 4.69) is 81.4 Å². The summed E-state index contributed by atoms with van der Waals surface area (Å²) in [5.41, 5.74) is 5.75. The number of hydrogen-bond donors (Lipinski definition) is 0. The van der Waals surface area contributed by atoms with Gasteiger partial charge >= 0.3 is 0 Å². The smallest absolute Gasteiger partial charge is 0.131 e. The average molecular weight is 535 g/mol. The van der Waals surface area contributed by atoms with Crippen LogP contribution in [0.3, 0.4) is 0 Å². The molecule has 4 heterocycles. The summed E-state index contributed by atoms with van der Waals surface area (Å²) < 4.78 is 13.4. The van der Waals surface area contributed by atoms with Gasteiger partial charge < -0.3 is 9.15 Å². The van der Waals surface area contributed by atoms with Crippen molar-refractivity contribution in [1.82, 2.24) is 0 Å². The second kappa shape index (κ2) is 9.50. The zero-order chi connectivity index (χ0) is 28.1. The molecule has 2 aliphatic carbocycles. The first-order chi connectivity index (χ1) is 18.3. The minimum Gasteiger partial charge on any atom is -0.457 e. The largest absolute Gasteiger partial charge is 0.457 e. The lowest BCUT2D eigenvalue weighted by Gasteiger charge is -2.46. The third-order valence-electron chi connectivity index (χ3n) is 13.5. The van der Waals surface area contributed by atoms with Gasteiger partial charge in [0.05, 0.1) is 11.2 Å². The van der Waals surface area contributed by atoms with Crippen LogP contribution in [0.5, 0.6) is 0 Å². The molecule has 6 rings (SSSR count). The van der Waals surface area contributed by atoms with Gasteiger partial charge in [-0.2, -0.15) is 0 Å². The molecule has 39 heavy (non-hydrogen) atoms. The van der Waals surface area contributed by atoms with Crippen LogP contribution in [0, 0.1) is 53.3 Å². The second-order valence-electron chi connectivity index (χ2n) is 16.6. The van der Waals surface area contributed by atoms with E-state index < -0.39 is 0 Å². The molecule has 0 amide bonds.